The van der Waals surface area contributed by atoms with Crippen LogP contribution in [0.5, 0.6) is 5.88 Å². The zero-order valence-corrected chi connectivity index (χ0v) is 21.9. The standard InChI is InChI=1S/C25H32N8O4/c1-7-33(24(35)37-25(3,4)5)20-15-11-31(12-16(15)20)19-9-26-17(8-27-19)22(34)29-18-13-32-10-14(2)28-21(32)23(30-18)36-6/h8-10,13,15-16,20H,7,11-12H2,1-6H3,(H,29,34). The van der Waals surface area contributed by atoms with E-state index in [0.717, 1.165) is 18.8 Å². The Morgan fingerprint density at radius 1 is 1.14 bits per heavy atom. The van der Waals surface area contributed by atoms with Crippen LogP contribution >= 0.6 is 0 Å². The molecule has 0 aromatic carbocycles. The van der Waals surface area contributed by atoms with E-state index in [4.69, 9.17) is 9.47 Å². The Morgan fingerprint density at radius 2 is 1.86 bits per heavy atom. The zero-order chi connectivity index (χ0) is 26.5. The number of methoxy groups -OCH3 is 1. The molecule has 12 nitrogen and oxygen atoms in total. The molecule has 2 fully saturated rings. The zero-order valence-electron chi connectivity index (χ0n) is 21.9. The summed E-state index contributed by atoms with van der Waals surface area (Å²) in [5.41, 5.74) is 1.04. The lowest BCUT2D eigenvalue weighted by atomic mass is 10.2. The predicted octanol–water partition coefficient (Wildman–Crippen LogP) is 2.78. The molecule has 37 heavy (non-hydrogen) atoms. The Bertz CT molecular complexity index is 1320. The van der Waals surface area contributed by atoms with Crippen molar-refractivity contribution in [3.8, 4) is 5.88 Å². The highest BCUT2D eigenvalue weighted by Gasteiger charge is 2.60. The highest BCUT2D eigenvalue weighted by molar-refractivity contribution is 6.02. The number of ether oxygens (including phenoxy) is 2. The third-order valence-electron chi connectivity index (χ3n) is 6.63. The molecule has 5 rings (SSSR count). The van der Waals surface area contributed by atoms with Gasteiger partial charge in [0.25, 0.3) is 11.8 Å². The molecule has 0 spiro atoms. The minimum atomic E-state index is -0.516. The monoisotopic (exact) mass is 508 g/mol. The molecule has 3 aromatic heterocycles. The van der Waals surface area contributed by atoms with Crippen LogP contribution in [0.2, 0.25) is 0 Å². The Balaban J connectivity index is 1.20. The van der Waals surface area contributed by atoms with Gasteiger partial charge in [0.15, 0.2) is 5.82 Å². The topological polar surface area (TPSA) is 127 Å². The van der Waals surface area contributed by atoms with E-state index in [-0.39, 0.29) is 17.8 Å². The number of hydrogen-bond donors (Lipinski definition) is 1. The summed E-state index contributed by atoms with van der Waals surface area (Å²) < 4.78 is 12.6. The van der Waals surface area contributed by atoms with E-state index in [1.165, 1.54) is 13.3 Å². The van der Waals surface area contributed by atoms with Crippen LogP contribution in [0, 0.1) is 18.8 Å². The highest BCUT2D eigenvalue weighted by atomic mass is 16.6. The molecule has 4 heterocycles. The first-order chi connectivity index (χ1) is 17.6. The summed E-state index contributed by atoms with van der Waals surface area (Å²) in [6.45, 7) is 11.7. The summed E-state index contributed by atoms with van der Waals surface area (Å²) in [5, 5.41) is 2.74. The van der Waals surface area contributed by atoms with Crippen LogP contribution in [0.4, 0.5) is 16.4 Å². The molecule has 1 saturated carbocycles. The van der Waals surface area contributed by atoms with Gasteiger partial charge in [0, 0.05) is 43.7 Å². The lowest BCUT2D eigenvalue weighted by Gasteiger charge is -2.29. The average molecular weight is 509 g/mol. The van der Waals surface area contributed by atoms with Gasteiger partial charge in [-0.1, -0.05) is 0 Å². The van der Waals surface area contributed by atoms with Crippen LogP contribution in [-0.2, 0) is 4.74 Å². The van der Waals surface area contributed by atoms with Gasteiger partial charge in [0.2, 0.25) is 5.65 Å². The van der Waals surface area contributed by atoms with Crippen LogP contribution in [0.25, 0.3) is 5.65 Å². The molecule has 2 unspecified atom stereocenters. The Morgan fingerprint density at radius 3 is 2.46 bits per heavy atom. The largest absolute Gasteiger partial charge is 0.478 e. The predicted molar refractivity (Wildman–Crippen MR) is 136 cm³/mol. The van der Waals surface area contributed by atoms with E-state index in [1.54, 1.807) is 16.8 Å². The van der Waals surface area contributed by atoms with Gasteiger partial charge in [-0.2, -0.15) is 4.98 Å². The maximum absolute atomic E-state index is 12.8. The number of piperidine rings is 1. The Kier molecular flexibility index (Phi) is 6.12. The second-order valence-electron chi connectivity index (χ2n) is 10.5. The molecular formula is C25H32N8O4. The van der Waals surface area contributed by atoms with Crippen molar-refractivity contribution in [3.63, 3.8) is 0 Å². The molecule has 196 valence electrons. The number of carbonyl (C=O) groups is 2. The second-order valence-corrected chi connectivity index (χ2v) is 10.5. The van der Waals surface area contributed by atoms with Crippen molar-refractivity contribution in [1.29, 1.82) is 0 Å². The molecule has 3 aromatic rings. The van der Waals surface area contributed by atoms with E-state index in [9.17, 15) is 9.59 Å². The maximum Gasteiger partial charge on any atom is 0.410 e. The number of nitrogens with zero attached hydrogens (tertiary/aromatic N) is 7. The van der Waals surface area contributed by atoms with Crippen molar-refractivity contribution in [2.45, 2.75) is 46.3 Å². The Labute approximate surface area is 215 Å². The summed E-state index contributed by atoms with van der Waals surface area (Å²) in [6.07, 6.45) is 6.30. The van der Waals surface area contributed by atoms with Crippen molar-refractivity contribution >= 4 is 29.3 Å². The summed E-state index contributed by atoms with van der Waals surface area (Å²) in [4.78, 5) is 46.9. The fraction of sp³-hybridized carbons (Fsp3) is 0.520. The molecule has 2 atom stereocenters. The third-order valence-corrected chi connectivity index (χ3v) is 6.63. The van der Waals surface area contributed by atoms with Crippen LogP contribution in [0.15, 0.2) is 24.8 Å². The number of anilines is 2. The number of carbonyl (C=O) groups excluding carboxylic acids is 2. The van der Waals surface area contributed by atoms with Crippen molar-refractivity contribution in [2.24, 2.45) is 11.8 Å². The lowest BCUT2D eigenvalue weighted by molar-refractivity contribution is 0.0225. The van der Waals surface area contributed by atoms with Gasteiger partial charge in [-0.3, -0.25) is 9.20 Å². The number of nitrogens with one attached hydrogen (secondary N) is 1. The lowest BCUT2D eigenvalue weighted by Crippen LogP contribution is -2.42. The van der Waals surface area contributed by atoms with Crippen LogP contribution < -0.4 is 15.0 Å². The van der Waals surface area contributed by atoms with E-state index >= 15 is 0 Å². The molecule has 1 aliphatic heterocycles. The van der Waals surface area contributed by atoms with E-state index in [1.807, 2.05) is 45.7 Å². The average Bonchev–Trinajstić information content (AvgIpc) is 3.16. The highest BCUT2D eigenvalue weighted by Crippen LogP contribution is 2.49. The number of rotatable bonds is 6. The molecule has 12 heteroatoms. The number of imidazole rings is 1. The van der Waals surface area contributed by atoms with Crippen molar-refractivity contribution in [2.75, 3.05) is 37.0 Å². The number of fused-ring (bicyclic) bond motifs is 2. The maximum atomic E-state index is 12.8. The number of amides is 2. The van der Waals surface area contributed by atoms with Gasteiger partial charge in [-0.15, -0.1) is 0 Å². The number of hydrogen-bond acceptors (Lipinski definition) is 9. The summed E-state index contributed by atoms with van der Waals surface area (Å²) in [5.74, 6) is 1.66. The SMILES string of the molecule is CCN(C(=O)OC(C)(C)C)C1C2CN(c3cnc(C(=O)Nc4cn5cc(C)nc5c(OC)n4)cn3)CC21. The van der Waals surface area contributed by atoms with Gasteiger partial charge in [0.05, 0.1) is 31.4 Å². The van der Waals surface area contributed by atoms with Crippen molar-refractivity contribution < 1.29 is 19.1 Å². The molecule has 0 bridgehead atoms. The quantitative estimate of drug-likeness (QED) is 0.535. The van der Waals surface area contributed by atoms with Crippen LogP contribution in [0.3, 0.4) is 0 Å². The van der Waals surface area contributed by atoms with Gasteiger partial charge in [-0.25, -0.2) is 19.7 Å². The summed E-state index contributed by atoms with van der Waals surface area (Å²) in [6, 6.07) is 0.190. The molecule has 1 N–H and O–H groups in total. The van der Waals surface area contributed by atoms with Gasteiger partial charge in [0.1, 0.15) is 17.1 Å². The van der Waals surface area contributed by atoms with Crippen LogP contribution in [-0.4, -0.2) is 79.6 Å². The fourth-order valence-electron chi connectivity index (χ4n) is 5.00. The van der Waals surface area contributed by atoms with Gasteiger partial charge < -0.3 is 24.6 Å². The van der Waals surface area contributed by atoms with Crippen molar-refractivity contribution in [3.05, 3.63) is 36.2 Å². The van der Waals surface area contributed by atoms with Gasteiger partial charge in [-0.05, 0) is 34.6 Å². The number of aryl methyl sites for hydroxylation is 1. The summed E-state index contributed by atoms with van der Waals surface area (Å²) in [7, 11) is 1.50. The first-order valence-corrected chi connectivity index (χ1v) is 12.4. The molecule has 2 aliphatic rings. The molecule has 1 saturated heterocycles. The van der Waals surface area contributed by atoms with Crippen molar-refractivity contribution in [1.82, 2.24) is 29.2 Å². The van der Waals surface area contributed by atoms with E-state index < -0.39 is 11.5 Å². The van der Waals surface area contributed by atoms with Gasteiger partial charge >= 0.3 is 6.09 Å². The summed E-state index contributed by atoms with van der Waals surface area (Å²) >= 11 is 0. The third kappa shape index (κ3) is 4.87. The normalized spacial score (nSPS) is 20.5. The Hall–Kier alpha value is -3.96. The second kappa shape index (κ2) is 9.16. The smallest absolute Gasteiger partial charge is 0.410 e. The first kappa shape index (κ1) is 24.7. The minimum absolute atomic E-state index is 0.177. The molecule has 1 aliphatic carbocycles. The molecule has 2 amide bonds. The molecule has 0 radical (unpaired) electrons. The number of aromatic nitrogens is 5. The van der Waals surface area contributed by atoms with Crippen LogP contribution in [0.1, 0.15) is 43.9 Å². The molecular weight excluding hydrogens is 476 g/mol. The fourth-order valence-corrected chi connectivity index (χ4v) is 5.00. The van der Waals surface area contributed by atoms with E-state index in [2.05, 4.69) is 30.2 Å². The first-order valence-electron chi connectivity index (χ1n) is 12.4. The minimum Gasteiger partial charge on any atom is -0.478 e. The van der Waals surface area contributed by atoms with E-state index in [0.29, 0.717) is 41.5 Å².